The molecule has 1 amide bonds. The van der Waals surface area contributed by atoms with Crippen LogP contribution >= 0.6 is 22.9 Å². The van der Waals surface area contributed by atoms with Crippen molar-refractivity contribution in [1.82, 2.24) is 15.5 Å². The van der Waals surface area contributed by atoms with Gasteiger partial charge in [0.2, 0.25) is 9.47 Å². The van der Waals surface area contributed by atoms with Gasteiger partial charge >= 0.3 is 0 Å². The first kappa shape index (κ1) is 11.8. The first-order valence-electron chi connectivity index (χ1n) is 5.29. The largest absolute Gasteiger partial charge is 0.347 e. The van der Waals surface area contributed by atoms with Gasteiger partial charge in [-0.3, -0.25) is 4.79 Å². The highest BCUT2D eigenvalue weighted by Crippen LogP contribution is 2.37. The highest BCUT2D eigenvalue weighted by atomic mass is 35.5. The molecule has 1 saturated carbocycles. The standard InChI is InChI=1S/C10H14ClN3OS/c1-10(2)5-3-4-6(10)12-7(15)8-13-14-9(11)16-8/h6H,3-5H2,1-2H3,(H,12,15). The monoisotopic (exact) mass is 259 g/mol. The van der Waals surface area contributed by atoms with Gasteiger partial charge in [-0.1, -0.05) is 31.6 Å². The molecular formula is C10H14ClN3OS. The Bertz CT molecular complexity index is 405. The third-order valence-electron chi connectivity index (χ3n) is 3.16. The second-order valence-electron chi connectivity index (χ2n) is 4.77. The van der Waals surface area contributed by atoms with Crippen molar-refractivity contribution in [2.45, 2.75) is 39.2 Å². The molecule has 1 unspecified atom stereocenters. The molecule has 0 radical (unpaired) electrons. The van der Waals surface area contributed by atoms with Crippen LogP contribution in [0.15, 0.2) is 0 Å². The Morgan fingerprint density at radius 2 is 2.31 bits per heavy atom. The van der Waals surface area contributed by atoms with Crippen LogP contribution in [0, 0.1) is 5.41 Å². The zero-order chi connectivity index (χ0) is 11.8. The Hall–Kier alpha value is -0.680. The minimum atomic E-state index is -0.163. The summed E-state index contributed by atoms with van der Waals surface area (Å²) >= 11 is 6.75. The Morgan fingerprint density at radius 3 is 2.81 bits per heavy atom. The van der Waals surface area contributed by atoms with Crippen LogP contribution in [-0.2, 0) is 0 Å². The molecule has 0 bridgehead atoms. The summed E-state index contributed by atoms with van der Waals surface area (Å²) in [6, 6.07) is 0.225. The summed E-state index contributed by atoms with van der Waals surface area (Å²) in [6.45, 7) is 4.36. The molecule has 0 aromatic carbocycles. The number of amides is 1. The van der Waals surface area contributed by atoms with Crippen molar-refractivity contribution in [3.63, 3.8) is 0 Å². The third-order valence-corrected chi connectivity index (χ3v) is 4.17. The van der Waals surface area contributed by atoms with Gasteiger partial charge in [0.1, 0.15) is 0 Å². The van der Waals surface area contributed by atoms with Gasteiger partial charge in [0, 0.05) is 6.04 Å². The summed E-state index contributed by atoms with van der Waals surface area (Å²) in [5.74, 6) is -0.163. The highest BCUT2D eigenvalue weighted by molar-refractivity contribution is 7.17. The molecule has 4 nitrogen and oxygen atoms in total. The van der Waals surface area contributed by atoms with Crippen molar-refractivity contribution in [2.24, 2.45) is 5.41 Å². The number of halogens is 1. The van der Waals surface area contributed by atoms with Crippen LogP contribution in [0.2, 0.25) is 4.47 Å². The number of hydrogen-bond acceptors (Lipinski definition) is 4. The van der Waals surface area contributed by atoms with Gasteiger partial charge in [0.05, 0.1) is 0 Å². The minimum Gasteiger partial charge on any atom is -0.347 e. The molecule has 88 valence electrons. The molecule has 6 heteroatoms. The van der Waals surface area contributed by atoms with E-state index in [-0.39, 0.29) is 17.4 Å². The second-order valence-corrected chi connectivity index (χ2v) is 6.33. The smallest absolute Gasteiger partial charge is 0.282 e. The first-order chi connectivity index (χ1) is 7.49. The minimum absolute atomic E-state index is 0.163. The number of carbonyl (C=O) groups is 1. The van der Waals surface area contributed by atoms with Gasteiger partial charge in [-0.05, 0) is 29.9 Å². The van der Waals surface area contributed by atoms with E-state index in [4.69, 9.17) is 11.6 Å². The van der Waals surface area contributed by atoms with Crippen LogP contribution in [0.4, 0.5) is 0 Å². The van der Waals surface area contributed by atoms with E-state index in [9.17, 15) is 4.79 Å². The van der Waals surface area contributed by atoms with Gasteiger partial charge in [-0.25, -0.2) is 0 Å². The third kappa shape index (κ3) is 2.35. The summed E-state index contributed by atoms with van der Waals surface area (Å²) in [6.07, 6.45) is 3.34. The van der Waals surface area contributed by atoms with Crippen LogP contribution < -0.4 is 5.32 Å². The Morgan fingerprint density at radius 1 is 1.56 bits per heavy atom. The molecule has 1 N–H and O–H groups in total. The number of nitrogens with zero attached hydrogens (tertiary/aromatic N) is 2. The molecule has 0 spiro atoms. The van der Waals surface area contributed by atoms with E-state index in [1.165, 1.54) is 0 Å². The van der Waals surface area contributed by atoms with E-state index in [0.29, 0.717) is 9.47 Å². The topological polar surface area (TPSA) is 54.9 Å². The maximum Gasteiger partial charge on any atom is 0.282 e. The summed E-state index contributed by atoms with van der Waals surface area (Å²) in [5.41, 5.74) is 0.171. The molecule has 0 aliphatic heterocycles. The molecule has 1 aliphatic rings. The number of aromatic nitrogens is 2. The lowest BCUT2D eigenvalue weighted by Crippen LogP contribution is -2.41. The van der Waals surface area contributed by atoms with Crippen molar-refractivity contribution in [1.29, 1.82) is 0 Å². The molecule has 1 fully saturated rings. The predicted octanol–water partition coefficient (Wildman–Crippen LogP) is 2.50. The summed E-state index contributed by atoms with van der Waals surface area (Å²) in [7, 11) is 0. The number of rotatable bonds is 2. The molecule has 16 heavy (non-hydrogen) atoms. The zero-order valence-electron chi connectivity index (χ0n) is 9.29. The Balaban J connectivity index is 2.03. The van der Waals surface area contributed by atoms with Gasteiger partial charge in [0.25, 0.3) is 5.91 Å². The van der Waals surface area contributed by atoms with Crippen molar-refractivity contribution in [2.75, 3.05) is 0 Å². The fraction of sp³-hybridized carbons (Fsp3) is 0.700. The van der Waals surface area contributed by atoms with Gasteiger partial charge in [-0.2, -0.15) is 0 Å². The Labute approximate surface area is 103 Å². The lowest BCUT2D eigenvalue weighted by atomic mass is 9.87. The average Bonchev–Trinajstić information content (AvgIpc) is 2.74. The summed E-state index contributed by atoms with van der Waals surface area (Å²) < 4.78 is 0.302. The lowest BCUT2D eigenvalue weighted by molar-refractivity contribution is 0.0909. The number of hydrogen-bond donors (Lipinski definition) is 1. The van der Waals surface area contributed by atoms with E-state index < -0.39 is 0 Å². The van der Waals surface area contributed by atoms with Crippen LogP contribution in [0.25, 0.3) is 0 Å². The van der Waals surface area contributed by atoms with Crippen LogP contribution in [0.1, 0.15) is 42.9 Å². The fourth-order valence-electron chi connectivity index (χ4n) is 2.11. The normalized spacial score (nSPS) is 23.3. The second kappa shape index (κ2) is 4.30. The predicted molar refractivity (Wildman–Crippen MR) is 63.8 cm³/mol. The van der Waals surface area contributed by atoms with Crippen molar-refractivity contribution >= 4 is 28.8 Å². The molecule has 0 saturated heterocycles. The molecule has 1 aromatic rings. The summed E-state index contributed by atoms with van der Waals surface area (Å²) in [5, 5.41) is 10.7. The average molecular weight is 260 g/mol. The quantitative estimate of drug-likeness (QED) is 0.888. The molecule has 1 aromatic heterocycles. The van der Waals surface area contributed by atoms with E-state index >= 15 is 0 Å². The number of nitrogens with one attached hydrogen (secondary N) is 1. The maximum absolute atomic E-state index is 11.8. The van der Waals surface area contributed by atoms with Crippen LogP contribution in [0.3, 0.4) is 0 Å². The van der Waals surface area contributed by atoms with Crippen LogP contribution in [0.5, 0.6) is 0 Å². The fourth-order valence-corrected chi connectivity index (χ4v) is 2.84. The summed E-state index contributed by atoms with van der Waals surface area (Å²) in [4.78, 5) is 11.8. The molecule has 1 atom stereocenters. The molecule has 2 rings (SSSR count). The Kier molecular flexibility index (Phi) is 3.17. The zero-order valence-corrected chi connectivity index (χ0v) is 10.9. The van der Waals surface area contributed by atoms with E-state index in [2.05, 4.69) is 29.4 Å². The molecule has 1 aliphatic carbocycles. The van der Waals surface area contributed by atoms with E-state index in [1.54, 1.807) is 0 Å². The van der Waals surface area contributed by atoms with Gasteiger partial charge in [0.15, 0.2) is 0 Å². The van der Waals surface area contributed by atoms with Gasteiger partial charge < -0.3 is 5.32 Å². The van der Waals surface area contributed by atoms with Crippen molar-refractivity contribution in [3.8, 4) is 0 Å². The van der Waals surface area contributed by atoms with Crippen molar-refractivity contribution < 1.29 is 4.79 Å². The SMILES string of the molecule is CC1(C)CCCC1NC(=O)c1nnc(Cl)s1. The lowest BCUT2D eigenvalue weighted by Gasteiger charge is -2.27. The van der Waals surface area contributed by atoms with Gasteiger partial charge in [-0.15, -0.1) is 10.2 Å². The molecule has 1 heterocycles. The van der Waals surface area contributed by atoms with E-state index in [1.807, 2.05) is 0 Å². The van der Waals surface area contributed by atoms with Crippen LogP contribution in [-0.4, -0.2) is 22.1 Å². The number of carbonyl (C=O) groups excluding carboxylic acids is 1. The first-order valence-corrected chi connectivity index (χ1v) is 6.48. The van der Waals surface area contributed by atoms with E-state index in [0.717, 1.165) is 30.6 Å². The molecular weight excluding hydrogens is 246 g/mol. The highest BCUT2D eigenvalue weighted by Gasteiger charge is 2.35. The van der Waals surface area contributed by atoms with Crippen molar-refractivity contribution in [3.05, 3.63) is 9.47 Å². The maximum atomic E-state index is 11.8.